The van der Waals surface area contributed by atoms with Crippen LogP contribution < -0.4 is 10.9 Å². The average Bonchev–Trinajstić information content (AvgIpc) is 2.84. The number of carbonyl (C=O) groups excluding carboxylic acids is 1. The molecular weight excluding hydrogens is 357 g/mol. The monoisotopic (exact) mass is 367 g/mol. The van der Waals surface area contributed by atoms with Crippen LogP contribution in [-0.2, 0) is 7.05 Å². The van der Waals surface area contributed by atoms with E-state index in [2.05, 4.69) is 10.9 Å². The molecule has 2 N–H and O–H groups in total. The van der Waals surface area contributed by atoms with Crippen molar-refractivity contribution < 1.29 is 4.79 Å². The quantitative estimate of drug-likeness (QED) is 0.646. The number of amides is 1. The summed E-state index contributed by atoms with van der Waals surface area (Å²) in [6.45, 7) is 0. The summed E-state index contributed by atoms with van der Waals surface area (Å²) in [6, 6.07) is 12.7. The van der Waals surface area contributed by atoms with Gasteiger partial charge < -0.3 is 4.57 Å². The summed E-state index contributed by atoms with van der Waals surface area (Å²) in [4.78, 5) is 12.4. The fraction of sp³-hybridized carbons (Fsp3) is 0.0625. The molecule has 1 heterocycles. The maximum absolute atomic E-state index is 12.4. The lowest BCUT2D eigenvalue weighted by Crippen LogP contribution is -2.31. The number of nitrogens with zero attached hydrogens (tertiary/aromatic N) is 1. The van der Waals surface area contributed by atoms with Crippen molar-refractivity contribution >= 4 is 57.3 Å². The molecule has 0 saturated heterocycles. The van der Waals surface area contributed by atoms with Crippen LogP contribution in [0.15, 0.2) is 42.5 Å². The zero-order valence-electron chi connectivity index (χ0n) is 12.0. The van der Waals surface area contributed by atoms with Crippen molar-refractivity contribution in [2.75, 3.05) is 5.43 Å². The van der Waals surface area contributed by atoms with Crippen molar-refractivity contribution in [3.63, 3.8) is 0 Å². The first kappa shape index (κ1) is 16.0. The SMILES string of the molecule is Cn1c(C(=O)NNc2c(Cl)cc(Cl)cc2Cl)cc2ccccc21. The minimum atomic E-state index is -0.300. The fourth-order valence-electron chi connectivity index (χ4n) is 2.35. The van der Waals surface area contributed by atoms with Crippen molar-refractivity contribution in [1.29, 1.82) is 0 Å². The summed E-state index contributed by atoms with van der Waals surface area (Å²) >= 11 is 18.0. The number of benzene rings is 2. The standard InChI is InChI=1S/C16H12Cl3N3O/c1-22-13-5-3-2-4-9(13)6-14(22)16(23)21-20-15-11(18)7-10(17)8-12(15)19/h2-8,20H,1H3,(H,21,23). The van der Waals surface area contributed by atoms with Gasteiger partial charge in [-0.05, 0) is 24.3 Å². The van der Waals surface area contributed by atoms with Gasteiger partial charge >= 0.3 is 0 Å². The molecule has 0 bridgehead atoms. The van der Waals surface area contributed by atoms with E-state index in [1.807, 2.05) is 41.9 Å². The van der Waals surface area contributed by atoms with Gasteiger partial charge in [-0.15, -0.1) is 0 Å². The second kappa shape index (κ2) is 6.32. The first-order valence-electron chi connectivity index (χ1n) is 6.72. The van der Waals surface area contributed by atoms with Gasteiger partial charge in [0.05, 0.1) is 15.7 Å². The molecule has 0 aliphatic carbocycles. The molecule has 0 saturated carbocycles. The predicted molar refractivity (Wildman–Crippen MR) is 95.5 cm³/mol. The highest BCUT2D eigenvalue weighted by molar-refractivity contribution is 6.41. The first-order chi connectivity index (χ1) is 11.0. The highest BCUT2D eigenvalue weighted by atomic mass is 35.5. The van der Waals surface area contributed by atoms with E-state index in [-0.39, 0.29) is 5.91 Å². The molecule has 4 nitrogen and oxygen atoms in total. The molecule has 7 heteroatoms. The van der Waals surface area contributed by atoms with Gasteiger partial charge in [0.25, 0.3) is 5.91 Å². The third kappa shape index (κ3) is 3.11. The molecule has 0 radical (unpaired) electrons. The lowest BCUT2D eigenvalue weighted by molar-refractivity contribution is 0.0955. The number of hydrazine groups is 1. The van der Waals surface area contributed by atoms with E-state index in [1.165, 1.54) is 0 Å². The molecule has 1 amide bonds. The van der Waals surface area contributed by atoms with Gasteiger partial charge in [-0.25, -0.2) is 0 Å². The van der Waals surface area contributed by atoms with Crippen LogP contribution in [0.5, 0.6) is 0 Å². The highest BCUT2D eigenvalue weighted by Gasteiger charge is 2.14. The summed E-state index contributed by atoms with van der Waals surface area (Å²) in [5, 5.41) is 2.05. The zero-order valence-corrected chi connectivity index (χ0v) is 14.3. The van der Waals surface area contributed by atoms with Crippen molar-refractivity contribution in [2.24, 2.45) is 7.05 Å². The van der Waals surface area contributed by atoms with Crippen molar-refractivity contribution in [2.45, 2.75) is 0 Å². The number of hydrogen-bond donors (Lipinski definition) is 2. The average molecular weight is 369 g/mol. The minimum Gasteiger partial charge on any atom is -0.340 e. The Morgan fingerprint density at radius 1 is 1.04 bits per heavy atom. The number of hydrogen-bond acceptors (Lipinski definition) is 2. The lowest BCUT2D eigenvalue weighted by Gasteiger charge is -2.12. The zero-order chi connectivity index (χ0) is 16.6. The second-order valence-corrected chi connectivity index (χ2v) is 6.22. The number of rotatable bonds is 3. The second-order valence-electron chi connectivity index (χ2n) is 4.97. The van der Waals surface area contributed by atoms with Crippen molar-refractivity contribution in [3.8, 4) is 0 Å². The number of fused-ring (bicyclic) bond motifs is 1. The van der Waals surface area contributed by atoms with E-state index < -0.39 is 0 Å². The van der Waals surface area contributed by atoms with Gasteiger partial charge in [0.1, 0.15) is 5.69 Å². The molecule has 3 rings (SSSR count). The smallest absolute Gasteiger partial charge is 0.286 e. The number of para-hydroxylation sites is 1. The van der Waals surface area contributed by atoms with E-state index >= 15 is 0 Å². The third-order valence-corrected chi connectivity index (χ3v) is 4.31. The third-order valence-electron chi connectivity index (χ3n) is 3.49. The van der Waals surface area contributed by atoms with E-state index in [0.29, 0.717) is 26.4 Å². The Balaban J connectivity index is 1.83. The van der Waals surface area contributed by atoms with Crippen molar-refractivity contribution in [3.05, 3.63) is 63.2 Å². The van der Waals surface area contributed by atoms with E-state index in [9.17, 15) is 4.79 Å². The van der Waals surface area contributed by atoms with E-state index in [0.717, 1.165) is 10.9 Å². The number of aromatic nitrogens is 1. The Morgan fingerprint density at radius 3 is 2.35 bits per heavy atom. The van der Waals surface area contributed by atoms with Crippen LogP contribution in [0, 0.1) is 0 Å². The number of anilines is 1. The summed E-state index contributed by atoms with van der Waals surface area (Å²) in [6.07, 6.45) is 0. The molecule has 0 aliphatic rings. The van der Waals surface area contributed by atoms with Crippen LogP contribution in [0.2, 0.25) is 15.1 Å². The van der Waals surface area contributed by atoms with Crippen LogP contribution in [0.1, 0.15) is 10.5 Å². The molecule has 0 fully saturated rings. The van der Waals surface area contributed by atoms with E-state index in [1.54, 1.807) is 12.1 Å². The Labute approximate surface area is 147 Å². The Kier molecular flexibility index (Phi) is 4.39. The molecular formula is C16H12Cl3N3O. The Hall–Kier alpha value is -1.88. The molecule has 118 valence electrons. The maximum atomic E-state index is 12.4. The minimum absolute atomic E-state index is 0.300. The molecule has 0 unspecified atom stereocenters. The largest absolute Gasteiger partial charge is 0.340 e. The molecule has 23 heavy (non-hydrogen) atoms. The summed E-state index contributed by atoms with van der Waals surface area (Å²) in [5.41, 5.74) is 7.22. The molecule has 0 atom stereocenters. The maximum Gasteiger partial charge on any atom is 0.286 e. The van der Waals surface area contributed by atoms with Gasteiger partial charge in [-0.2, -0.15) is 0 Å². The highest BCUT2D eigenvalue weighted by Crippen LogP contribution is 2.33. The molecule has 2 aromatic carbocycles. The molecule has 0 aliphatic heterocycles. The van der Waals surface area contributed by atoms with Crippen LogP contribution in [0.3, 0.4) is 0 Å². The van der Waals surface area contributed by atoms with Crippen LogP contribution in [0.4, 0.5) is 5.69 Å². The van der Waals surface area contributed by atoms with Crippen LogP contribution in [-0.4, -0.2) is 10.5 Å². The van der Waals surface area contributed by atoms with Gasteiger partial charge in [-0.3, -0.25) is 15.6 Å². The lowest BCUT2D eigenvalue weighted by atomic mass is 10.2. The number of aryl methyl sites for hydroxylation is 1. The van der Waals surface area contributed by atoms with Gasteiger partial charge in [0.15, 0.2) is 0 Å². The van der Waals surface area contributed by atoms with Crippen LogP contribution >= 0.6 is 34.8 Å². The topological polar surface area (TPSA) is 46.1 Å². The molecule has 1 aromatic heterocycles. The molecule has 0 spiro atoms. The normalized spacial score (nSPS) is 10.8. The van der Waals surface area contributed by atoms with Gasteiger partial charge in [0.2, 0.25) is 0 Å². The molecule has 3 aromatic rings. The van der Waals surface area contributed by atoms with Crippen LogP contribution in [0.25, 0.3) is 10.9 Å². The summed E-state index contributed by atoms with van der Waals surface area (Å²) in [7, 11) is 1.83. The Bertz CT molecular complexity index is 882. The number of carbonyl (C=O) groups is 1. The van der Waals surface area contributed by atoms with Crippen molar-refractivity contribution in [1.82, 2.24) is 9.99 Å². The van der Waals surface area contributed by atoms with E-state index in [4.69, 9.17) is 34.8 Å². The summed E-state index contributed by atoms with van der Waals surface area (Å²) < 4.78 is 1.82. The van der Waals surface area contributed by atoms with Gasteiger partial charge in [0, 0.05) is 23.0 Å². The van der Waals surface area contributed by atoms with Gasteiger partial charge in [-0.1, -0.05) is 53.0 Å². The number of nitrogens with one attached hydrogen (secondary N) is 2. The summed E-state index contributed by atoms with van der Waals surface area (Å²) in [5.74, 6) is -0.300. The predicted octanol–water partition coefficient (Wildman–Crippen LogP) is 4.90. The first-order valence-corrected chi connectivity index (χ1v) is 7.86. The Morgan fingerprint density at radius 2 is 1.70 bits per heavy atom. The number of halogens is 3. The fourth-order valence-corrected chi connectivity index (χ4v) is 3.26.